The third-order valence-electron chi connectivity index (χ3n) is 3.50. The Kier molecular flexibility index (Phi) is 6.23. The Morgan fingerprint density at radius 2 is 1.56 bits per heavy atom. The predicted octanol–water partition coefficient (Wildman–Crippen LogP) is 5.11. The van der Waals surface area contributed by atoms with Gasteiger partial charge in [-0.05, 0) is 53.4 Å². The molecular weight excluding hydrogens is 358 g/mol. The molecule has 3 rings (SSSR count). The number of benzene rings is 3. The van der Waals surface area contributed by atoms with Crippen molar-refractivity contribution >= 4 is 28.2 Å². The van der Waals surface area contributed by atoms with Gasteiger partial charge in [0.15, 0.2) is 0 Å². The summed E-state index contributed by atoms with van der Waals surface area (Å²) in [4.78, 5) is 10.4. The molecule has 3 aromatic carbocycles. The van der Waals surface area contributed by atoms with Crippen LogP contribution in [0.2, 0.25) is 0 Å². The van der Waals surface area contributed by atoms with Crippen molar-refractivity contribution in [1.29, 1.82) is 0 Å². The molecule has 0 radical (unpaired) electrons. The van der Waals surface area contributed by atoms with Gasteiger partial charge in [-0.25, -0.2) is 0 Å². The molecule has 3 aromatic rings. The number of rotatable bonds is 4. The van der Waals surface area contributed by atoms with Crippen molar-refractivity contribution in [3.63, 3.8) is 0 Å². The summed E-state index contributed by atoms with van der Waals surface area (Å²) in [5, 5.41) is 18.9. The van der Waals surface area contributed by atoms with E-state index in [1.54, 1.807) is 12.1 Å². The van der Waals surface area contributed by atoms with Gasteiger partial charge in [0.2, 0.25) is 0 Å². The zero-order chi connectivity index (χ0) is 18.9. The standard InChI is InChI=1S/C21H15N3O2S/c25-24(26)20-13-11-18(12-14-20)21(23-22-19-9-5-2-6-10-19)27-16-15-17-7-3-1-4-8-17/h1-14,22H. The maximum atomic E-state index is 10.9. The second-order valence-electron chi connectivity index (χ2n) is 5.39. The number of para-hydroxylation sites is 1. The Morgan fingerprint density at radius 1 is 0.926 bits per heavy atom. The molecule has 27 heavy (non-hydrogen) atoms. The van der Waals surface area contributed by atoms with E-state index in [0.29, 0.717) is 5.04 Å². The monoisotopic (exact) mass is 373 g/mol. The summed E-state index contributed by atoms with van der Waals surface area (Å²) < 4.78 is 0. The number of nitro benzene ring substituents is 1. The van der Waals surface area contributed by atoms with Crippen molar-refractivity contribution in [2.24, 2.45) is 5.10 Å². The number of hydrazone groups is 1. The van der Waals surface area contributed by atoms with Crippen LogP contribution in [0.15, 0.2) is 90.0 Å². The van der Waals surface area contributed by atoms with Crippen LogP contribution in [-0.4, -0.2) is 9.97 Å². The third-order valence-corrected chi connectivity index (χ3v) is 4.23. The molecule has 6 heteroatoms. The summed E-state index contributed by atoms with van der Waals surface area (Å²) in [6.45, 7) is 0. The Morgan fingerprint density at radius 3 is 2.19 bits per heavy atom. The Labute approximate surface area is 161 Å². The molecule has 0 aromatic heterocycles. The quantitative estimate of drug-likeness (QED) is 0.227. The normalized spacial score (nSPS) is 10.6. The van der Waals surface area contributed by atoms with E-state index in [4.69, 9.17) is 0 Å². The van der Waals surface area contributed by atoms with Gasteiger partial charge in [-0.2, -0.15) is 5.10 Å². The zero-order valence-electron chi connectivity index (χ0n) is 14.2. The van der Waals surface area contributed by atoms with Crippen molar-refractivity contribution in [1.82, 2.24) is 0 Å². The maximum Gasteiger partial charge on any atom is 0.269 e. The summed E-state index contributed by atoms with van der Waals surface area (Å²) in [6, 6.07) is 25.4. The topological polar surface area (TPSA) is 67.5 Å². The second-order valence-corrected chi connectivity index (χ2v) is 6.19. The highest BCUT2D eigenvalue weighted by Gasteiger charge is 2.08. The van der Waals surface area contributed by atoms with Gasteiger partial charge in [0, 0.05) is 23.3 Å². The van der Waals surface area contributed by atoms with Crippen LogP contribution in [0.25, 0.3) is 0 Å². The maximum absolute atomic E-state index is 10.9. The van der Waals surface area contributed by atoms with Crippen LogP contribution in [0.4, 0.5) is 11.4 Å². The number of nitrogens with zero attached hydrogens (tertiary/aromatic N) is 2. The molecular formula is C21H15N3O2S. The van der Waals surface area contributed by atoms with Gasteiger partial charge in [0.1, 0.15) is 5.04 Å². The summed E-state index contributed by atoms with van der Waals surface area (Å²) in [6.07, 6.45) is 0. The van der Waals surface area contributed by atoms with Gasteiger partial charge in [-0.1, -0.05) is 42.3 Å². The molecule has 0 unspecified atom stereocenters. The van der Waals surface area contributed by atoms with E-state index >= 15 is 0 Å². The molecule has 5 nitrogen and oxygen atoms in total. The molecule has 0 heterocycles. The lowest BCUT2D eigenvalue weighted by atomic mass is 10.2. The molecule has 0 saturated heterocycles. The molecule has 0 amide bonds. The molecule has 1 N–H and O–H groups in total. The summed E-state index contributed by atoms with van der Waals surface area (Å²) in [7, 11) is 0. The number of hydrogen-bond acceptors (Lipinski definition) is 5. The molecule has 0 bridgehead atoms. The van der Waals surface area contributed by atoms with Crippen LogP contribution in [0.1, 0.15) is 11.1 Å². The van der Waals surface area contributed by atoms with Gasteiger partial charge in [0.25, 0.3) is 5.69 Å². The summed E-state index contributed by atoms with van der Waals surface area (Å²) >= 11 is 1.26. The van der Waals surface area contributed by atoms with Crippen molar-refractivity contribution in [3.05, 3.63) is 106 Å². The Balaban J connectivity index is 1.84. The molecule has 132 valence electrons. The predicted molar refractivity (Wildman–Crippen MR) is 111 cm³/mol. The highest BCUT2D eigenvalue weighted by molar-refractivity contribution is 8.18. The first kappa shape index (κ1) is 18.2. The first-order chi connectivity index (χ1) is 13.2. The fraction of sp³-hybridized carbons (Fsp3) is 0. The van der Waals surface area contributed by atoms with E-state index in [1.807, 2.05) is 60.7 Å². The lowest BCUT2D eigenvalue weighted by Gasteiger charge is -2.04. The summed E-state index contributed by atoms with van der Waals surface area (Å²) in [5.41, 5.74) is 5.53. The molecule has 0 aliphatic heterocycles. The van der Waals surface area contributed by atoms with Crippen LogP contribution >= 0.6 is 11.8 Å². The Bertz CT molecular complexity index is 992. The number of hydrogen-bond donors (Lipinski definition) is 1. The molecule has 0 saturated carbocycles. The van der Waals surface area contributed by atoms with Gasteiger partial charge < -0.3 is 0 Å². The molecule has 0 atom stereocenters. The third kappa shape index (κ3) is 5.46. The van der Waals surface area contributed by atoms with Crippen molar-refractivity contribution in [2.75, 3.05) is 5.43 Å². The van der Waals surface area contributed by atoms with Crippen molar-refractivity contribution in [2.45, 2.75) is 0 Å². The van der Waals surface area contributed by atoms with E-state index < -0.39 is 4.92 Å². The van der Waals surface area contributed by atoms with Crippen LogP contribution < -0.4 is 5.43 Å². The molecule has 0 spiro atoms. The van der Waals surface area contributed by atoms with Gasteiger partial charge in [-0.3, -0.25) is 15.5 Å². The largest absolute Gasteiger partial charge is 0.277 e. The van der Waals surface area contributed by atoms with E-state index in [2.05, 4.69) is 21.7 Å². The second kappa shape index (κ2) is 9.22. The van der Waals surface area contributed by atoms with Gasteiger partial charge >= 0.3 is 0 Å². The highest BCUT2D eigenvalue weighted by Crippen LogP contribution is 2.18. The lowest BCUT2D eigenvalue weighted by molar-refractivity contribution is -0.384. The van der Waals surface area contributed by atoms with Crippen LogP contribution in [0.5, 0.6) is 0 Å². The smallest absolute Gasteiger partial charge is 0.269 e. The van der Waals surface area contributed by atoms with E-state index in [1.165, 1.54) is 23.9 Å². The molecule has 0 aliphatic rings. The SMILES string of the molecule is O=[N+]([O-])c1ccc(C(=NNc2ccccc2)SC#Cc2ccccc2)cc1. The first-order valence-corrected chi connectivity index (χ1v) is 8.90. The number of anilines is 1. The fourth-order valence-corrected chi connectivity index (χ4v) is 2.77. The fourth-order valence-electron chi connectivity index (χ4n) is 2.15. The number of nitrogens with one attached hydrogen (secondary N) is 1. The van der Waals surface area contributed by atoms with Gasteiger partial charge in [0.05, 0.1) is 10.6 Å². The van der Waals surface area contributed by atoms with Crippen LogP contribution in [-0.2, 0) is 0 Å². The van der Waals surface area contributed by atoms with E-state index in [9.17, 15) is 10.1 Å². The summed E-state index contributed by atoms with van der Waals surface area (Å²) in [5.74, 6) is 3.07. The average Bonchev–Trinajstić information content (AvgIpc) is 2.72. The van der Waals surface area contributed by atoms with Crippen molar-refractivity contribution < 1.29 is 4.92 Å². The minimum absolute atomic E-state index is 0.0366. The Hall–Kier alpha value is -3.56. The number of thioether (sulfide) groups is 1. The molecule has 0 aliphatic carbocycles. The minimum Gasteiger partial charge on any atom is -0.277 e. The van der Waals surface area contributed by atoms with Crippen LogP contribution in [0.3, 0.4) is 0 Å². The first-order valence-electron chi connectivity index (χ1n) is 8.09. The minimum atomic E-state index is -0.425. The molecule has 0 fully saturated rings. The lowest BCUT2D eigenvalue weighted by Crippen LogP contribution is -2.00. The van der Waals surface area contributed by atoms with E-state index in [-0.39, 0.29) is 5.69 Å². The zero-order valence-corrected chi connectivity index (χ0v) is 15.0. The number of non-ortho nitro benzene ring substituents is 1. The van der Waals surface area contributed by atoms with Gasteiger partial charge in [-0.15, -0.1) is 0 Å². The highest BCUT2D eigenvalue weighted by atomic mass is 32.2. The number of nitro groups is 1. The van der Waals surface area contributed by atoms with E-state index in [0.717, 1.165) is 16.8 Å². The average molecular weight is 373 g/mol. The van der Waals surface area contributed by atoms with Crippen LogP contribution in [0, 0.1) is 21.3 Å². The van der Waals surface area contributed by atoms with Crippen molar-refractivity contribution in [3.8, 4) is 11.2 Å².